The van der Waals surface area contributed by atoms with Crippen LogP contribution in [-0.2, 0) is 13.5 Å². The lowest BCUT2D eigenvalue weighted by molar-refractivity contribution is 0.174. The molecule has 0 fully saturated rings. The number of aliphatic hydroxyl groups excluding tert-OH is 1. The Morgan fingerprint density at radius 2 is 2.00 bits per heavy atom. The van der Waals surface area contributed by atoms with Crippen LogP contribution in [0.5, 0.6) is 0 Å². The van der Waals surface area contributed by atoms with E-state index in [4.69, 9.17) is 11.6 Å². The standard InChI is InChI=1S/C17H17ClN2O/c1-11-7-8-12(14(18)9-11)10-16(21)17-13-5-3-4-6-15(13)20(2)19-17/h3-9,16,21H,10H2,1-2H3. The van der Waals surface area contributed by atoms with Gasteiger partial charge < -0.3 is 5.11 Å². The summed E-state index contributed by atoms with van der Waals surface area (Å²) < 4.78 is 1.80. The van der Waals surface area contributed by atoms with Gasteiger partial charge in [0.05, 0.1) is 11.2 Å². The number of hydrogen-bond donors (Lipinski definition) is 1. The first kappa shape index (κ1) is 14.1. The zero-order valence-corrected chi connectivity index (χ0v) is 12.8. The molecule has 0 amide bonds. The Balaban J connectivity index is 1.95. The van der Waals surface area contributed by atoms with E-state index in [1.807, 2.05) is 56.4 Å². The Morgan fingerprint density at radius 1 is 1.24 bits per heavy atom. The number of halogens is 1. The minimum Gasteiger partial charge on any atom is -0.386 e. The summed E-state index contributed by atoms with van der Waals surface area (Å²) in [5.74, 6) is 0. The maximum atomic E-state index is 10.5. The Kier molecular flexibility index (Phi) is 3.70. The molecule has 0 spiro atoms. The minimum absolute atomic E-state index is 0.458. The summed E-state index contributed by atoms with van der Waals surface area (Å²) in [7, 11) is 1.89. The van der Waals surface area contributed by atoms with Crippen LogP contribution in [0.15, 0.2) is 42.5 Å². The first-order valence-corrected chi connectivity index (χ1v) is 7.29. The zero-order valence-electron chi connectivity index (χ0n) is 12.0. The van der Waals surface area contributed by atoms with Crippen molar-refractivity contribution in [3.05, 3.63) is 64.3 Å². The molecule has 21 heavy (non-hydrogen) atoms. The SMILES string of the molecule is Cc1ccc(CC(O)c2nn(C)c3ccccc23)c(Cl)c1. The lowest BCUT2D eigenvalue weighted by atomic mass is 10.0. The van der Waals surface area contributed by atoms with Crippen molar-refractivity contribution in [2.24, 2.45) is 7.05 Å². The smallest absolute Gasteiger partial charge is 0.102 e. The highest BCUT2D eigenvalue weighted by atomic mass is 35.5. The third-order valence-electron chi connectivity index (χ3n) is 3.72. The van der Waals surface area contributed by atoms with Crippen LogP contribution in [0, 0.1) is 6.92 Å². The topological polar surface area (TPSA) is 38.1 Å². The number of para-hydroxylation sites is 1. The van der Waals surface area contributed by atoms with Crippen molar-refractivity contribution in [2.45, 2.75) is 19.4 Å². The Labute approximate surface area is 128 Å². The molecule has 0 aliphatic rings. The lowest BCUT2D eigenvalue weighted by Crippen LogP contribution is -2.04. The highest BCUT2D eigenvalue weighted by Crippen LogP contribution is 2.28. The van der Waals surface area contributed by atoms with Gasteiger partial charge in [-0.25, -0.2) is 0 Å². The summed E-state index contributed by atoms with van der Waals surface area (Å²) in [5.41, 5.74) is 3.76. The van der Waals surface area contributed by atoms with E-state index in [0.29, 0.717) is 17.1 Å². The summed E-state index contributed by atoms with van der Waals surface area (Å²) in [4.78, 5) is 0. The van der Waals surface area contributed by atoms with E-state index < -0.39 is 6.10 Å². The fourth-order valence-electron chi connectivity index (χ4n) is 2.61. The molecule has 1 atom stereocenters. The van der Waals surface area contributed by atoms with Crippen LogP contribution in [0.1, 0.15) is 22.9 Å². The van der Waals surface area contributed by atoms with Crippen LogP contribution in [0.2, 0.25) is 5.02 Å². The van der Waals surface area contributed by atoms with Gasteiger partial charge in [0.25, 0.3) is 0 Å². The maximum Gasteiger partial charge on any atom is 0.102 e. The molecular formula is C17H17ClN2O. The van der Waals surface area contributed by atoms with Gasteiger partial charge in [0.15, 0.2) is 0 Å². The van der Waals surface area contributed by atoms with Crippen molar-refractivity contribution in [3.63, 3.8) is 0 Å². The average Bonchev–Trinajstić information content (AvgIpc) is 2.80. The monoisotopic (exact) mass is 300 g/mol. The number of aliphatic hydroxyl groups is 1. The molecule has 0 saturated heterocycles. The first-order chi connectivity index (χ1) is 10.1. The van der Waals surface area contributed by atoms with Gasteiger partial charge in [0.2, 0.25) is 0 Å². The number of hydrogen-bond acceptors (Lipinski definition) is 2. The molecule has 0 saturated carbocycles. The highest BCUT2D eigenvalue weighted by molar-refractivity contribution is 6.31. The van der Waals surface area contributed by atoms with Gasteiger partial charge in [-0.05, 0) is 30.2 Å². The van der Waals surface area contributed by atoms with E-state index in [9.17, 15) is 5.11 Å². The van der Waals surface area contributed by atoms with Crippen molar-refractivity contribution in [1.82, 2.24) is 9.78 Å². The maximum absolute atomic E-state index is 10.5. The van der Waals surface area contributed by atoms with Crippen molar-refractivity contribution in [2.75, 3.05) is 0 Å². The molecule has 0 aliphatic heterocycles. The van der Waals surface area contributed by atoms with Gasteiger partial charge in [0, 0.05) is 23.9 Å². The van der Waals surface area contributed by atoms with Crippen LogP contribution >= 0.6 is 11.6 Å². The second-order valence-corrected chi connectivity index (χ2v) is 5.75. The molecule has 1 heterocycles. The molecule has 2 aromatic carbocycles. The van der Waals surface area contributed by atoms with Gasteiger partial charge in [-0.15, -0.1) is 0 Å². The van der Waals surface area contributed by atoms with Gasteiger partial charge in [-0.3, -0.25) is 4.68 Å². The molecule has 0 radical (unpaired) electrons. The molecule has 1 unspecified atom stereocenters. The van der Waals surface area contributed by atoms with Gasteiger partial charge in [-0.1, -0.05) is 41.9 Å². The normalized spacial score (nSPS) is 12.8. The Bertz CT molecular complexity index is 795. The fraction of sp³-hybridized carbons (Fsp3) is 0.235. The number of nitrogens with zero attached hydrogens (tertiary/aromatic N) is 2. The molecular weight excluding hydrogens is 284 g/mol. The van der Waals surface area contributed by atoms with E-state index >= 15 is 0 Å². The van der Waals surface area contributed by atoms with Crippen molar-refractivity contribution in [1.29, 1.82) is 0 Å². The Morgan fingerprint density at radius 3 is 2.76 bits per heavy atom. The molecule has 3 rings (SSSR count). The molecule has 0 bridgehead atoms. The van der Waals surface area contributed by atoms with Crippen molar-refractivity contribution in [3.8, 4) is 0 Å². The fourth-order valence-corrected chi connectivity index (χ4v) is 2.92. The highest BCUT2D eigenvalue weighted by Gasteiger charge is 2.18. The predicted molar refractivity (Wildman–Crippen MR) is 85.6 cm³/mol. The molecule has 4 heteroatoms. The van der Waals surface area contributed by atoms with Crippen LogP contribution < -0.4 is 0 Å². The van der Waals surface area contributed by atoms with Crippen LogP contribution in [0.3, 0.4) is 0 Å². The summed E-state index contributed by atoms with van der Waals surface area (Å²) in [6.45, 7) is 2.00. The van der Waals surface area contributed by atoms with Gasteiger partial charge in [0.1, 0.15) is 6.10 Å². The molecule has 108 valence electrons. The summed E-state index contributed by atoms with van der Waals surface area (Å²) >= 11 is 6.25. The quantitative estimate of drug-likeness (QED) is 0.798. The lowest BCUT2D eigenvalue weighted by Gasteiger charge is -2.10. The second kappa shape index (κ2) is 5.51. The summed E-state index contributed by atoms with van der Waals surface area (Å²) in [5, 5.41) is 16.7. The third kappa shape index (κ3) is 2.67. The number of aromatic nitrogens is 2. The molecule has 3 aromatic rings. The zero-order chi connectivity index (χ0) is 15.0. The largest absolute Gasteiger partial charge is 0.386 e. The van der Waals surface area contributed by atoms with Gasteiger partial charge in [-0.2, -0.15) is 5.10 Å². The van der Waals surface area contributed by atoms with Crippen LogP contribution in [0.25, 0.3) is 10.9 Å². The molecule has 1 aromatic heterocycles. The molecule has 1 N–H and O–H groups in total. The number of aryl methyl sites for hydroxylation is 2. The molecule has 3 nitrogen and oxygen atoms in total. The van der Waals surface area contributed by atoms with E-state index in [0.717, 1.165) is 22.0 Å². The predicted octanol–water partition coefficient (Wildman–Crippen LogP) is 3.81. The van der Waals surface area contributed by atoms with E-state index in [1.54, 1.807) is 4.68 Å². The summed E-state index contributed by atoms with van der Waals surface area (Å²) in [6, 6.07) is 13.8. The molecule has 0 aliphatic carbocycles. The third-order valence-corrected chi connectivity index (χ3v) is 4.08. The van der Waals surface area contributed by atoms with E-state index in [2.05, 4.69) is 5.10 Å². The number of benzene rings is 2. The Hall–Kier alpha value is -1.84. The van der Waals surface area contributed by atoms with Crippen LogP contribution in [-0.4, -0.2) is 14.9 Å². The first-order valence-electron chi connectivity index (χ1n) is 6.91. The number of fused-ring (bicyclic) bond motifs is 1. The van der Waals surface area contributed by atoms with E-state index in [-0.39, 0.29) is 0 Å². The minimum atomic E-state index is -0.670. The van der Waals surface area contributed by atoms with Crippen molar-refractivity contribution >= 4 is 22.5 Å². The summed E-state index contributed by atoms with van der Waals surface area (Å²) in [6.07, 6.45) is -0.212. The van der Waals surface area contributed by atoms with Gasteiger partial charge >= 0.3 is 0 Å². The van der Waals surface area contributed by atoms with Crippen LogP contribution in [0.4, 0.5) is 0 Å². The van der Waals surface area contributed by atoms with Crippen molar-refractivity contribution < 1.29 is 5.11 Å². The second-order valence-electron chi connectivity index (χ2n) is 5.34. The van der Waals surface area contributed by atoms with E-state index in [1.165, 1.54) is 0 Å². The number of rotatable bonds is 3. The average molecular weight is 301 g/mol.